The number of nitrogens with zero attached hydrogens (tertiary/aromatic N) is 3. The summed E-state index contributed by atoms with van der Waals surface area (Å²) in [5.74, 6) is 1.52. The Morgan fingerprint density at radius 3 is 2.62 bits per heavy atom. The number of halogens is 2. The van der Waals surface area contributed by atoms with Gasteiger partial charge in [0.2, 0.25) is 0 Å². The molecule has 0 saturated carbocycles. The Labute approximate surface area is 183 Å². The van der Waals surface area contributed by atoms with Crippen LogP contribution in [0, 0.1) is 5.92 Å². The summed E-state index contributed by atoms with van der Waals surface area (Å²) in [5, 5.41) is 8.23. The zero-order valence-electron chi connectivity index (χ0n) is 16.9. The van der Waals surface area contributed by atoms with Crippen LogP contribution in [0.3, 0.4) is 0 Å². The highest BCUT2D eigenvalue weighted by molar-refractivity contribution is 6.31. The largest absolute Gasteiger partial charge is 0.356 e. The molecule has 1 aromatic carbocycles. The average Bonchev–Trinajstić information content (AvgIpc) is 2.74. The van der Waals surface area contributed by atoms with Crippen molar-refractivity contribution in [2.45, 2.75) is 25.8 Å². The topological polar surface area (TPSA) is 52.6 Å². The summed E-state index contributed by atoms with van der Waals surface area (Å²) in [6.45, 7) is 4.89. The van der Waals surface area contributed by atoms with E-state index in [1.54, 1.807) is 0 Å². The van der Waals surface area contributed by atoms with Crippen LogP contribution in [0.2, 0.25) is 10.2 Å². The molecule has 0 unspecified atom stereocenters. The Morgan fingerprint density at radius 2 is 1.93 bits per heavy atom. The first-order valence-corrected chi connectivity index (χ1v) is 10.9. The highest BCUT2D eigenvalue weighted by atomic mass is 35.5. The van der Waals surface area contributed by atoms with E-state index in [1.165, 1.54) is 18.4 Å². The third-order valence-corrected chi connectivity index (χ3v) is 5.93. The Hall–Kier alpha value is -1.82. The summed E-state index contributed by atoms with van der Waals surface area (Å²) < 4.78 is 0. The van der Waals surface area contributed by atoms with E-state index < -0.39 is 0 Å². The molecule has 0 aliphatic carbocycles. The number of guanidine groups is 1. The van der Waals surface area contributed by atoms with Crippen molar-refractivity contribution in [2.75, 3.05) is 33.2 Å². The molecule has 2 aromatic rings. The molecule has 1 aliphatic rings. The van der Waals surface area contributed by atoms with E-state index in [9.17, 15) is 0 Å². The lowest BCUT2D eigenvalue weighted by Crippen LogP contribution is -2.43. The summed E-state index contributed by atoms with van der Waals surface area (Å²) in [6, 6.07) is 11.9. The summed E-state index contributed by atoms with van der Waals surface area (Å²) in [7, 11) is 1.81. The third-order valence-electron chi connectivity index (χ3n) is 5.34. The number of piperidine rings is 1. The molecule has 0 bridgehead atoms. The number of benzene rings is 1. The Balaban J connectivity index is 1.34. The molecule has 2 heterocycles. The van der Waals surface area contributed by atoms with E-state index in [0.29, 0.717) is 11.1 Å². The Bertz CT molecular complexity index is 786. The molecule has 156 valence electrons. The van der Waals surface area contributed by atoms with Crippen LogP contribution in [0.15, 0.2) is 47.6 Å². The van der Waals surface area contributed by atoms with Gasteiger partial charge in [0.25, 0.3) is 0 Å². The second-order valence-corrected chi connectivity index (χ2v) is 8.22. The van der Waals surface area contributed by atoms with Gasteiger partial charge in [0.15, 0.2) is 5.96 Å². The van der Waals surface area contributed by atoms with Crippen molar-refractivity contribution in [3.63, 3.8) is 0 Å². The summed E-state index contributed by atoms with van der Waals surface area (Å²) in [5.41, 5.74) is 2.37. The molecular weight excluding hydrogens is 405 g/mol. The molecule has 0 radical (unpaired) electrons. The van der Waals surface area contributed by atoms with Gasteiger partial charge in [-0.2, -0.15) is 0 Å². The van der Waals surface area contributed by atoms with Crippen molar-refractivity contribution in [2.24, 2.45) is 10.9 Å². The van der Waals surface area contributed by atoms with Gasteiger partial charge in [-0.15, -0.1) is 0 Å². The number of hydrogen-bond donors (Lipinski definition) is 2. The Morgan fingerprint density at radius 1 is 1.14 bits per heavy atom. The molecular formula is C22H29Cl2N5. The fraction of sp³-hybridized carbons (Fsp3) is 0.455. The second-order valence-electron chi connectivity index (χ2n) is 7.43. The molecule has 1 aliphatic heterocycles. The number of likely N-dealkylation sites (tertiary alicyclic amines) is 1. The average molecular weight is 434 g/mol. The molecule has 0 amide bonds. The number of nitrogens with one attached hydrogen (secondary N) is 2. The highest BCUT2D eigenvalue weighted by Gasteiger charge is 2.20. The van der Waals surface area contributed by atoms with Gasteiger partial charge in [-0.1, -0.05) is 47.5 Å². The van der Waals surface area contributed by atoms with E-state index in [0.717, 1.165) is 55.7 Å². The van der Waals surface area contributed by atoms with Crippen molar-refractivity contribution < 1.29 is 0 Å². The molecule has 3 rings (SSSR count). The quantitative estimate of drug-likeness (QED) is 0.393. The predicted octanol–water partition coefficient (Wildman–Crippen LogP) is 4.01. The van der Waals surface area contributed by atoms with E-state index >= 15 is 0 Å². The maximum atomic E-state index is 6.29. The van der Waals surface area contributed by atoms with Gasteiger partial charge in [-0.3, -0.25) is 9.89 Å². The number of hydrogen-bond acceptors (Lipinski definition) is 3. The zero-order valence-corrected chi connectivity index (χ0v) is 18.4. The van der Waals surface area contributed by atoms with Crippen molar-refractivity contribution in [3.8, 4) is 0 Å². The highest BCUT2D eigenvalue weighted by Crippen LogP contribution is 2.21. The van der Waals surface area contributed by atoms with Gasteiger partial charge in [0.05, 0.1) is 0 Å². The summed E-state index contributed by atoms with van der Waals surface area (Å²) in [6.07, 6.45) is 5.07. The fourth-order valence-corrected chi connectivity index (χ4v) is 3.86. The number of pyridine rings is 1. The van der Waals surface area contributed by atoms with Gasteiger partial charge in [-0.25, -0.2) is 4.98 Å². The molecule has 0 atom stereocenters. The van der Waals surface area contributed by atoms with Gasteiger partial charge in [0.1, 0.15) is 5.15 Å². The van der Waals surface area contributed by atoms with Crippen LogP contribution < -0.4 is 10.6 Å². The fourth-order valence-electron chi connectivity index (χ4n) is 3.56. The van der Waals surface area contributed by atoms with E-state index in [4.69, 9.17) is 23.2 Å². The van der Waals surface area contributed by atoms with Crippen LogP contribution in [0.4, 0.5) is 0 Å². The minimum absolute atomic E-state index is 0.525. The maximum absolute atomic E-state index is 6.29. The Kier molecular flexibility index (Phi) is 8.59. The zero-order chi connectivity index (χ0) is 20.5. The minimum atomic E-state index is 0.525. The normalized spacial score (nSPS) is 16.0. The van der Waals surface area contributed by atoms with Crippen molar-refractivity contribution in [1.82, 2.24) is 20.5 Å². The predicted molar refractivity (Wildman–Crippen MR) is 122 cm³/mol. The van der Waals surface area contributed by atoms with Crippen LogP contribution in [0.1, 0.15) is 24.0 Å². The van der Waals surface area contributed by atoms with Crippen LogP contribution in [0.25, 0.3) is 0 Å². The van der Waals surface area contributed by atoms with Crippen LogP contribution in [-0.4, -0.2) is 49.1 Å². The van der Waals surface area contributed by atoms with Crippen LogP contribution in [-0.2, 0) is 13.0 Å². The minimum Gasteiger partial charge on any atom is -0.356 e. The van der Waals surface area contributed by atoms with E-state index in [1.807, 2.05) is 37.5 Å². The molecule has 1 saturated heterocycles. The summed E-state index contributed by atoms with van der Waals surface area (Å²) in [4.78, 5) is 10.9. The first-order valence-electron chi connectivity index (χ1n) is 10.1. The standard InChI is InChI=1S/C22H29Cl2N5/c1-25-22(26-11-8-17-6-7-21(24)27-14-17)28-15-18-9-12-29(13-10-18)16-19-4-2-3-5-20(19)23/h2-7,14,18H,8-13,15-16H2,1H3,(H2,25,26,28). The molecule has 1 aromatic heterocycles. The lowest BCUT2D eigenvalue weighted by Gasteiger charge is -2.32. The van der Waals surface area contributed by atoms with Gasteiger partial charge >= 0.3 is 0 Å². The second kappa shape index (κ2) is 11.4. The molecule has 7 heteroatoms. The first-order chi connectivity index (χ1) is 14.1. The van der Waals surface area contributed by atoms with Crippen LogP contribution >= 0.6 is 23.2 Å². The maximum Gasteiger partial charge on any atom is 0.190 e. The van der Waals surface area contributed by atoms with Crippen molar-refractivity contribution in [3.05, 3.63) is 63.9 Å². The third kappa shape index (κ3) is 7.18. The van der Waals surface area contributed by atoms with E-state index in [-0.39, 0.29) is 0 Å². The molecule has 29 heavy (non-hydrogen) atoms. The summed E-state index contributed by atoms with van der Waals surface area (Å²) >= 11 is 12.1. The first kappa shape index (κ1) is 21.9. The van der Waals surface area contributed by atoms with Crippen LogP contribution in [0.5, 0.6) is 0 Å². The monoisotopic (exact) mass is 433 g/mol. The van der Waals surface area contributed by atoms with Crippen molar-refractivity contribution >= 4 is 29.2 Å². The lowest BCUT2D eigenvalue weighted by molar-refractivity contribution is 0.178. The number of rotatable bonds is 7. The molecule has 0 spiro atoms. The van der Waals surface area contributed by atoms with Gasteiger partial charge < -0.3 is 10.6 Å². The SMILES string of the molecule is CN=C(NCCc1ccc(Cl)nc1)NCC1CCN(Cc2ccccc2Cl)CC1. The van der Waals surface area contributed by atoms with Gasteiger partial charge in [0, 0.05) is 37.9 Å². The molecule has 1 fully saturated rings. The molecule has 5 nitrogen and oxygen atoms in total. The number of aliphatic imine (C=N–C) groups is 1. The number of aromatic nitrogens is 1. The smallest absolute Gasteiger partial charge is 0.190 e. The lowest BCUT2D eigenvalue weighted by atomic mass is 9.96. The van der Waals surface area contributed by atoms with E-state index in [2.05, 4.69) is 37.6 Å². The molecule has 2 N–H and O–H groups in total. The van der Waals surface area contributed by atoms with Crippen molar-refractivity contribution in [1.29, 1.82) is 0 Å². The van der Waals surface area contributed by atoms with Gasteiger partial charge in [-0.05, 0) is 61.5 Å².